The number of β-amino-alcohol motifs (C(OH)–C–C–N with tert-alkyl or cyclic N) is 1. The molecule has 2 N–H and O–H groups in total. The molecule has 0 saturated carbocycles. The van der Waals surface area contributed by atoms with Crippen LogP contribution in [0.25, 0.3) is 22.2 Å². The van der Waals surface area contributed by atoms with Gasteiger partial charge in [-0.2, -0.15) is 20.6 Å². The average molecular weight is 456 g/mol. The van der Waals surface area contributed by atoms with Crippen LogP contribution in [0.4, 0.5) is 5.82 Å². The lowest BCUT2D eigenvalue weighted by molar-refractivity contribution is 0.198. The Bertz CT molecular complexity index is 1390. The van der Waals surface area contributed by atoms with Gasteiger partial charge in [0.15, 0.2) is 0 Å². The van der Waals surface area contributed by atoms with Crippen molar-refractivity contribution in [2.75, 3.05) is 18.0 Å². The molecule has 1 fully saturated rings. The molecule has 3 aromatic heterocycles. The van der Waals surface area contributed by atoms with Crippen LogP contribution in [0.3, 0.4) is 0 Å². The Morgan fingerprint density at radius 2 is 2.12 bits per heavy atom. The Morgan fingerprint density at radius 3 is 2.85 bits per heavy atom. The second kappa shape index (κ2) is 8.72. The van der Waals surface area contributed by atoms with Crippen molar-refractivity contribution in [2.24, 2.45) is 0 Å². The fraction of sp³-hybridized carbons (Fsp3) is 0.320. The van der Waals surface area contributed by atoms with E-state index in [1.165, 1.54) is 0 Å². The number of aliphatic hydroxyl groups excluding tert-OH is 1. The quantitative estimate of drug-likeness (QED) is 0.468. The van der Waals surface area contributed by atoms with Crippen molar-refractivity contribution in [3.05, 3.63) is 59.0 Å². The first-order valence-corrected chi connectivity index (χ1v) is 11.2. The number of benzene rings is 1. The fourth-order valence-corrected chi connectivity index (χ4v) is 4.63. The van der Waals surface area contributed by atoms with E-state index in [1.807, 2.05) is 43.9 Å². The van der Waals surface area contributed by atoms with Crippen LogP contribution in [0.1, 0.15) is 41.8 Å². The molecule has 1 aliphatic heterocycles. The van der Waals surface area contributed by atoms with Gasteiger partial charge in [0.05, 0.1) is 29.1 Å². The van der Waals surface area contributed by atoms with Gasteiger partial charge in [0.2, 0.25) is 0 Å². The van der Waals surface area contributed by atoms with E-state index in [-0.39, 0.29) is 12.2 Å². The maximum atomic E-state index is 9.85. The van der Waals surface area contributed by atoms with E-state index in [0.717, 1.165) is 33.3 Å². The lowest BCUT2D eigenvalue weighted by atomic mass is 10.0. The summed E-state index contributed by atoms with van der Waals surface area (Å²) >= 11 is 0. The van der Waals surface area contributed by atoms with E-state index < -0.39 is 0 Å². The van der Waals surface area contributed by atoms with Gasteiger partial charge in [-0.1, -0.05) is 0 Å². The number of anilines is 1. The van der Waals surface area contributed by atoms with E-state index >= 15 is 0 Å². The largest absolute Gasteiger partial charge is 0.486 e. The van der Waals surface area contributed by atoms with Crippen LogP contribution in [0.5, 0.6) is 5.75 Å². The summed E-state index contributed by atoms with van der Waals surface area (Å²) in [7, 11) is 0. The number of H-pyrrole nitrogens is 1. The molecule has 9 nitrogen and oxygen atoms in total. The molecule has 5 rings (SSSR count). The number of hydrogen-bond acceptors (Lipinski definition) is 8. The number of nitriles is 1. The predicted molar refractivity (Wildman–Crippen MR) is 127 cm³/mol. The predicted octanol–water partition coefficient (Wildman–Crippen LogP) is 3.61. The summed E-state index contributed by atoms with van der Waals surface area (Å²) in [6.07, 6.45) is 3.55. The highest BCUT2D eigenvalue weighted by molar-refractivity contribution is 5.94. The third-order valence-electron chi connectivity index (χ3n) is 6.25. The Hall–Kier alpha value is -4.03. The first-order chi connectivity index (χ1) is 16.4. The van der Waals surface area contributed by atoms with E-state index in [4.69, 9.17) is 4.74 Å². The Kier molecular flexibility index (Phi) is 5.59. The van der Waals surface area contributed by atoms with Crippen molar-refractivity contribution in [3.63, 3.8) is 0 Å². The molecule has 4 aromatic rings. The highest BCUT2D eigenvalue weighted by atomic mass is 16.5. The molecule has 0 radical (unpaired) electrons. The number of nitrogens with one attached hydrogen (secondary N) is 1. The number of aryl methyl sites for hydroxylation is 2. The van der Waals surface area contributed by atoms with Gasteiger partial charge in [-0.3, -0.25) is 5.10 Å². The minimum atomic E-state index is -0.389. The molecule has 2 atom stereocenters. The highest BCUT2D eigenvalue weighted by Gasteiger charge is 2.24. The number of fused-ring (bicyclic) bond motifs is 1. The summed E-state index contributed by atoms with van der Waals surface area (Å²) in [5.41, 5.74) is 5.65. The third kappa shape index (κ3) is 3.93. The minimum absolute atomic E-state index is 0.203. The lowest BCUT2D eigenvalue weighted by Gasteiger charge is -2.18. The number of rotatable bonds is 5. The monoisotopic (exact) mass is 455 g/mol. The average Bonchev–Trinajstić information content (AvgIpc) is 3.44. The van der Waals surface area contributed by atoms with E-state index in [0.29, 0.717) is 42.3 Å². The maximum absolute atomic E-state index is 9.85. The van der Waals surface area contributed by atoms with Gasteiger partial charge >= 0.3 is 0 Å². The van der Waals surface area contributed by atoms with Crippen LogP contribution in [0.15, 0.2) is 36.7 Å². The molecule has 172 valence electrons. The number of aromatic nitrogens is 5. The van der Waals surface area contributed by atoms with Crippen molar-refractivity contribution in [1.82, 2.24) is 25.4 Å². The molecule has 0 aliphatic carbocycles. The molecule has 9 heteroatoms. The van der Waals surface area contributed by atoms with Crippen molar-refractivity contribution in [3.8, 4) is 23.1 Å². The van der Waals surface area contributed by atoms with Crippen molar-refractivity contribution in [1.29, 1.82) is 5.26 Å². The van der Waals surface area contributed by atoms with Gasteiger partial charge in [0, 0.05) is 35.8 Å². The Labute approximate surface area is 197 Å². The summed E-state index contributed by atoms with van der Waals surface area (Å²) in [6.45, 7) is 7.09. The van der Waals surface area contributed by atoms with Crippen LogP contribution >= 0.6 is 0 Å². The second-order valence-corrected chi connectivity index (χ2v) is 8.66. The maximum Gasteiger partial charge on any atom is 0.146 e. The van der Waals surface area contributed by atoms with Gasteiger partial charge in [0.1, 0.15) is 29.4 Å². The van der Waals surface area contributed by atoms with E-state index in [9.17, 15) is 10.4 Å². The van der Waals surface area contributed by atoms with Crippen LogP contribution in [0.2, 0.25) is 0 Å². The third-order valence-corrected chi connectivity index (χ3v) is 6.25. The molecular weight excluding hydrogens is 430 g/mol. The summed E-state index contributed by atoms with van der Waals surface area (Å²) < 4.78 is 6.26. The van der Waals surface area contributed by atoms with Crippen molar-refractivity contribution in [2.45, 2.75) is 39.4 Å². The minimum Gasteiger partial charge on any atom is -0.486 e. The van der Waals surface area contributed by atoms with Gasteiger partial charge in [0.25, 0.3) is 0 Å². The number of aromatic amines is 1. The van der Waals surface area contributed by atoms with Crippen LogP contribution < -0.4 is 9.64 Å². The molecule has 1 aromatic carbocycles. The number of pyridine rings is 1. The Balaban J connectivity index is 1.47. The van der Waals surface area contributed by atoms with Crippen LogP contribution in [-0.4, -0.2) is 49.7 Å². The number of nitrogens with zero attached hydrogens (tertiary/aromatic N) is 6. The highest BCUT2D eigenvalue weighted by Crippen LogP contribution is 2.33. The molecule has 1 saturated heterocycles. The summed E-state index contributed by atoms with van der Waals surface area (Å²) in [4.78, 5) is 6.50. The fourth-order valence-electron chi connectivity index (χ4n) is 4.63. The SMILES string of the molecule is Cc1cnnc(C)c1C(C)Oc1ccc2[nH]nc(-c3cnc(N4CC[C@H](O)C4)c(C#N)c3)c2c1. The first kappa shape index (κ1) is 21.8. The smallest absolute Gasteiger partial charge is 0.146 e. The van der Waals surface area contributed by atoms with Crippen molar-refractivity contribution >= 4 is 16.7 Å². The van der Waals surface area contributed by atoms with E-state index in [1.54, 1.807) is 18.5 Å². The molecule has 0 spiro atoms. The molecule has 1 unspecified atom stereocenters. The zero-order valence-corrected chi connectivity index (χ0v) is 19.3. The van der Waals surface area contributed by atoms with Gasteiger partial charge < -0.3 is 14.7 Å². The molecule has 0 amide bonds. The van der Waals surface area contributed by atoms with Crippen molar-refractivity contribution < 1.29 is 9.84 Å². The number of hydrogen-bond donors (Lipinski definition) is 2. The van der Waals surface area contributed by atoms with Gasteiger partial charge in [-0.25, -0.2) is 4.98 Å². The molecule has 0 bridgehead atoms. The van der Waals surface area contributed by atoms with E-state index in [2.05, 4.69) is 31.4 Å². The van der Waals surface area contributed by atoms with Gasteiger partial charge in [-0.05, 0) is 57.0 Å². The lowest BCUT2D eigenvalue weighted by Crippen LogP contribution is -2.23. The van der Waals surface area contributed by atoms with Crippen LogP contribution in [-0.2, 0) is 0 Å². The molecule has 34 heavy (non-hydrogen) atoms. The Morgan fingerprint density at radius 1 is 1.26 bits per heavy atom. The molecular formula is C25H25N7O2. The summed E-state index contributed by atoms with van der Waals surface area (Å²) in [5, 5.41) is 36.2. The second-order valence-electron chi connectivity index (χ2n) is 8.66. The standard InChI is InChI=1S/C25H25N7O2/c1-14-11-28-29-15(2)23(14)16(3)34-20-4-5-22-21(9-20)24(31-30-22)18-8-17(10-26)25(27-12-18)32-7-6-19(33)13-32/h4-5,8-9,11-12,16,19,33H,6-7,13H2,1-3H3,(H,30,31)/t16?,19-/m0/s1. The van der Waals surface area contributed by atoms with Gasteiger partial charge in [-0.15, -0.1) is 0 Å². The summed E-state index contributed by atoms with van der Waals surface area (Å²) in [5.74, 6) is 1.30. The number of ether oxygens (including phenoxy) is 1. The zero-order valence-electron chi connectivity index (χ0n) is 19.3. The van der Waals surface area contributed by atoms with Crippen LogP contribution in [0, 0.1) is 25.2 Å². The zero-order chi connectivity index (χ0) is 23.8. The number of aliphatic hydroxyl groups is 1. The first-order valence-electron chi connectivity index (χ1n) is 11.2. The topological polar surface area (TPSA) is 124 Å². The molecule has 1 aliphatic rings. The normalized spacial score (nSPS) is 16.6. The summed E-state index contributed by atoms with van der Waals surface area (Å²) in [6, 6.07) is 9.82. The molecule has 4 heterocycles.